The molecule has 202 valence electrons. The van der Waals surface area contributed by atoms with Gasteiger partial charge in [-0.25, -0.2) is 29.3 Å². The number of hydrogen-bond acceptors (Lipinski definition) is 7. The van der Waals surface area contributed by atoms with Gasteiger partial charge in [-0.15, -0.1) is 6.42 Å². The summed E-state index contributed by atoms with van der Waals surface area (Å²) in [7, 11) is 0. The fourth-order valence-corrected chi connectivity index (χ4v) is 4.85. The van der Waals surface area contributed by atoms with Crippen LogP contribution in [0.5, 0.6) is 5.75 Å². The first-order valence-electron chi connectivity index (χ1n) is 12.7. The van der Waals surface area contributed by atoms with Gasteiger partial charge >= 0.3 is 6.02 Å². The molecule has 0 saturated heterocycles. The van der Waals surface area contributed by atoms with Crippen molar-refractivity contribution in [3.05, 3.63) is 65.6 Å². The lowest BCUT2D eigenvalue weighted by molar-refractivity contribution is 0.0508. The van der Waals surface area contributed by atoms with Gasteiger partial charge in [0.25, 0.3) is 0 Å². The summed E-state index contributed by atoms with van der Waals surface area (Å²) in [5, 5.41) is 10.7. The number of rotatable bonds is 5. The van der Waals surface area contributed by atoms with Crippen molar-refractivity contribution in [2.75, 3.05) is 5.73 Å². The summed E-state index contributed by atoms with van der Waals surface area (Å²) in [6.45, 7) is 8.99. The number of terminal acetylenes is 1. The number of amidine groups is 1. The van der Waals surface area contributed by atoms with E-state index in [4.69, 9.17) is 16.9 Å². The SMILES string of the molecule is C#Cc1cc(C)c(-c2c(-c3ccc(O/C(N=C)=N/C(C)=C\C)c(F)c3)c3c(N)ncnc3n2[C@H]2C[C@H](O)C2)cn1. The standard InChI is InChI=1S/C30H28FN7O2/c1-6-17(4)37-30(33-5)40-24-9-8-18(11-23(24)31)25-26-28(32)35-15-36-29(26)38(20-12-21(39)13-20)27(25)22-14-34-19(7-2)10-16(22)3/h2,6,8-11,14-15,20-21,39H,5,12-13H2,1,3-4H3,(H2,32,35,36)/b17-6-,37-30+/t20-,21-. The number of aryl methyl sites for hydroxylation is 1. The molecule has 9 nitrogen and oxygen atoms in total. The summed E-state index contributed by atoms with van der Waals surface area (Å²) in [6, 6.07) is 6.28. The van der Waals surface area contributed by atoms with Crippen LogP contribution in [0.1, 0.15) is 44.0 Å². The molecular weight excluding hydrogens is 509 g/mol. The van der Waals surface area contributed by atoms with E-state index in [1.54, 1.807) is 25.3 Å². The number of nitrogen functional groups attached to an aromatic ring is 1. The van der Waals surface area contributed by atoms with Crippen LogP contribution in [0.2, 0.25) is 0 Å². The number of aliphatic imine (C=N–C) groups is 2. The van der Waals surface area contributed by atoms with Crippen LogP contribution in [0.15, 0.2) is 58.5 Å². The molecule has 1 fully saturated rings. The van der Waals surface area contributed by atoms with E-state index < -0.39 is 11.9 Å². The lowest BCUT2D eigenvalue weighted by Crippen LogP contribution is -2.31. The van der Waals surface area contributed by atoms with Gasteiger partial charge in [0.05, 0.1) is 17.2 Å². The zero-order chi connectivity index (χ0) is 28.6. The van der Waals surface area contributed by atoms with Gasteiger partial charge in [-0.3, -0.25) is 0 Å². The first-order valence-corrected chi connectivity index (χ1v) is 12.7. The zero-order valence-electron chi connectivity index (χ0n) is 22.4. The van der Waals surface area contributed by atoms with Gasteiger partial charge in [0.2, 0.25) is 0 Å². The minimum atomic E-state index is -0.633. The summed E-state index contributed by atoms with van der Waals surface area (Å²) in [5.74, 6) is 2.11. The molecule has 1 aliphatic rings. The average Bonchev–Trinajstić information content (AvgIpc) is 3.27. The monoisotopic (exact) mass is 537 g/mol. The van der Waals surface area contributed by atoms with Gasteiger partial charge in [0.1, 0.15) is 23.5 Å². The molecular formula is C30H28FN7O2. The van der Waals surface area contributed by atoms with Crippen molar-refractivity contribution in [3.8, 4) is 40.5 Å². The molecule has 1 saturated carbocycles. The predicted molar refractivity (Wildman–Crippen MR) is 155 cm³/mol. The lowest BCUT2D eigenvalue weighted by Gasteiger charge is -2.34. The van der Waals surface area contributed by atoms with Gasteiger partial charge < -0.3 is 20.1 Å². The van der Waals surface area contributed by atoms with Gasteiger partial charge in [0.15, 0.2) is 11.6 Å². The first-order chi connectivity index (χ1) is 19.2. The maximum Gasteiger partial charge on any atom is 0.321 e. The third kappa shape index (κ3) is 4.72. The predicted octanol–water partition coefficient (Wildman–Crippen LogP) is 5.23. The fraction of sp³-hybridized carbons (Fsp3) is 0.233. The molecule has 0 atom stereocenters. The van der Waals surface area contributed by atoms with Gasteiger partial charge in [0, 0.05) is 29.1 Å². The zero-order valence-corrected chi connectivity index (χ0v) is 22.4. The highest BCUT2D eigenvalue weighted by Crippen LogP contribution is 2.48. The molecule has 0 bridgehead atoms. The number of pyridine rings is 1. The highest BCUT2D eigenvalue weighted by atomic mass is 19.1. The van der Waals surface area contributed by atoms with Crippen LogP contribution in [0.25, 0.3) is 33.4 Å². The Morgan fingerprint density at radius 1 is 1.30 bits per heavy atom. The van der Waals surface area contributed by atoms with Crippen molar-refractivity contribution in [2.24, 2.45) is 9.98 Å². The average molecular weight is 538 g/mol. The topological polar surface area (TPSA) is 124 Å². The highest BCUT2D eigenvalue weighted by molar-refractivity contribution is 6.08. The molecule has 0 unspecified atom stereocenters. The maximum atomic E-state index is 15.6. The molecule has 10 heteroatoms. The van der Waals surface area contributed by atoms with E-state index in [1.807, 2.05) is 24.5 Å². The van der Waals surface area contributed by atoms with Crippen molar-refractivity contribution in [1.82, 2.24) is 19.5 Å². The maximum absolute atomic E-state index is 15.6. The Labute approximate surface area is 231 Å². The lowest BCUT2D eigenvalue weighted by atomic mass is 9.88. The van der Waals surface area contributed by atoms with Crippen molar-refractivity contribution in [2.45, 2.75) is 45.8 Å². The Kier molecular flexibility index (Phi) is 7.15. The number of nitrogens with zero attached hydrogens (tertiary/aromatic N) is 6. The summed E-state index contributed by atoms with van der Waals surface area (Å²) in [4.78, 5) is 21.2. The minimum absolute atomic E-state index is 0.0537. The number of allylic oxidation sites excluding steroid dienone is 2. The largest absolute Gasteiger partial charge is 0.421 e. The van der Waals surface area contributed by atoms with Crippen molar-refractivity contribution >= 4 is 29.6 Å². The number of ether oxygens (including phenoxy) is 1. The van der Waals surface area contributed by atoms with Gasteiger partial charge in [-0.05, 0) is 69.7 Å². The first kappa shape index (κ1) is 26.7. The number of aliphatic hydroxyl groups is 1. The summed E-state index contributed by atoms with van der Waals surface area (Å²) in [5.41, 5.74) is 11.7. The normalized spacial score (nSPS) is 17.4. The van der Waals surface area contributed by atoms with E-state index in [1.165, 1.54) is 18.5 Å². The second-order valence-corrected chi connectivity index (χ2v) is 9.59. The molecule has 0 radical (unpaired) electrons. The minimum Gasteiger partial charge on any atom is -0.421 e. The van der Waals surface area contributed by atoms with Crippen LogP contribution in [-0.2, 0) is 0 Å². The van der Waals surface area contributed by atoms with Crippen molar-refractivity contribution < 1.29 is 14.2 Å². The van der Waals surface area contributed by atoms with Crippen LogP contribution in [0.4, 0.5) is 10.2 Å². The molecule has 1 aromatic carbocycles. The fourth-order valence-electron chi connectivity index (χ4n) is 4.85. The number of nitrogens with two attached hydrogens (primary N) is 1. The van der Waals surface area contributed by atoms with E-state index in [0.717, 1.165) is 16.8 Å². The third-order valence-electron chi connectivity index (χ3n) is 7.03. The van der Waals surface area contributed by atoms with E-state index >= 15 is 4.39 Å². The number of halogens is 1. The van der Waals surface area contributed by atoms with Gasteiger partial charge in [-0.2, -0.15) is 0 Å². The number of hydrogen-bond donors (Lipinski definition) is 2. The molecule has 3 N–H and O–H groups in total. The van der Waals surface area contributed by atoms with E-state index in [2.05, 4.69) is 37.6 Å². The Balaban J connectivity index is 1.75. The second kappa shape index (κ2) is 10.7. The number of anilines is 1. The Morgan fingerprint density at radius 2 is 2.08 bits per heavy atom. The third-order valence-corrected chi connectivity index (χ3v) is 7.03. The Bertz CT molecular complexity index is 1740. The van der Waals surface area contributed by atoms with Crippen LogP contribution < -0.4 is 10.5 Å². The van der Waals surface area contributed by atoms with Gasteiger partial charge in [-0.1, -0.05) is 18.1 Å². The number of aliphatic hydroxyl groups excluding tert-OH is 1. The molecule has 0 spiro atoms. The molecule has 0 amide bonds. The highest BCUT2D eigenvalue weighted by Gasteiger charge is 2.35. The second-order valence-electron chi connectivity index (χ2n) is 9.59. The smallest absolute Gasteiger partial charge is 0.321 e. The Hall–Kier alpha value is -4.88. The molecule has 5 rings (SSSR count). The summed E-state index contributed by atoms with van der Waals surface area (Å²) < 4.78 is 23.2. The van der Waals surface area contributed by atoms with Crippen LogP contribution in [0.3, 0.4) is 0 Å². The number of fused-ring (bicyclic) bond motifs is 1. The van der Waals surface area contributed by atoms with E-state index in [9.17, 15) is 5.11 Å². The summed E-state index contributed by atoms with van der Waals surface area (Å²) >= 11 is 0. The molecule has 0 aliphatic heterocycles. The molecule has 1 aliphatic carbocycles. The molecule has 3 heterocycles. The quantitative estimate of drug-likeness (QED) is 0.204. The van der Waals surface area contributed by atoms with Crippen molar-refractivity contribution in [1.29, 1.82) is 0 Å². The van der Waals surface area contributed by atoms with Crippen molar-refractivity contribution in [3.63, 3.8) is 0 Å². The molecule has 3 aromatic heterocycles. The molecule has 40 heavy (non-hydrogen) atoms. The van der Waals surface area contributed by atoms with Crippen LogP contribution in [0, 0.1) is 25.1 Å². The number of aromatic nitrogens is 4. The number of benzene rings is 1. The van der Waals surface area contributed by atoms with Crippen LogP contribution in [-0.4, -0.2) is 43.5 Å². The Morgan fingerprint density at radius 3 is 2.70 bits per heavy atom. The molecule has 4 aromatic rings. The van der Waals surface area contributed by atoms with Crippen LogP contribution >= 0.6 is 0 Å². The van der Waals surface area contributed by atoms with E-state index in [0.29, 0.717) is 46.4 Å². The summed E-state index contributed by atoms with van der Waals surface area (Å²) in [6.07, 6.45) is 11.1. The van der Waals surface area contributed by atoms with E-state index in [-0.39, 0.29) is 23.6 Å².